The van der Waals surface area contributed by atoms with Crippen LogP contribution in [0.3, 0.4) is 0 Å². The van der Waals surface area contributed by atoms with E-state index >= 15 is 0 Å². The van der Waals surface area contributed by atoms with Crippen LogP contribution in [0, 0.1) is 0 Å². The van der Waals surface area contributed by atoms with E-state index in [-0.39, 0.29) is 5.91 Å². The van der Waals surface area contributed by atoms with Gasteiger partial charge in [0.2, 0.25) is 0 Å². The molecule has 21 heavy (non-hydrogen) atoms. The predicted molar refractivity (Wildman–Crippen MR) is 88.3 cm³/mol. The number of carbonyl (C=O) groups is 1. The van der Waals surface area contributed by atoms with Crippen LogP contribution in [-0.4, -0.2) is 10.9 Å². The van der Waals surface area contributed by atoms with Crippen LogP contribution in [0.1, 0.15) is 10.4 Å². The third-order valence-electron chi connectivity index (χ3n) is 3.13. The maximum absolute atomic E-state index is 12.5. The third-order valence-corrected chi connectivity index (χ3v) is 3.82. The highest BCUT2D eigenvalue weighted by atomic mass is 79.9. The van der Waals surface area contributed by atoms with Gasteiger partial charge >= 0.3 is 0 Å². The van der Waals surface area contributed by atoms with Gasteiger partial charge in [-0.05, 0) is 46.3 Å². The first-order valence-corrected chi connectivity index (χ1v) is 7.14. The minimum absolute atomic E-state index is 0.195. The number of carbonyl (C=O) groups excluding carboxylic acids is 1. The van der Waals surface area contributed by atoms with Crippen LogP contribution in [0.15, 0.2) is 59.2 Å². The Bertz CT molecular complexity index is 827. The second-order valence-corrected chi connectivity index (χ2v) is 5.42. The van der Waals surface area contributed by atoms with Gasteiger partial charge in [-0.2, -0.15) is 0 Å². The summed E-state index contributed by atoms with van der Waals surface area (Å²) in [6.07, 6.45) is 1.63. The van der Waals surface area contributed by atoms with Gasteiger partial charge in [0.15, 0.2) is 0 Å². The molecule has 104 valence electrons. The first kappa shape index (κ1) is 13.6. The fourth-order valence-corrected chi connectivity index (χ4v) is 2.47. The molecular formula is C16H12BrN3O. The van der Waals surface area contributed by atoms with Crippen molar-refractivity contribution < 1.29 is 4.79 Å². The van der Waals surface area contributed by atoms with Crippen molar-refractivity contribution in [3.05, 3.63) is 64.8 Å². The number of benzene rings is 2. The number of nitrogen functional groups attached to an aromatic ring is 1. The lowest BCUT2D eigenvalue weighted by atomic mass is 10.1. The van der Waals surface area contributed by atoms with Crippen molar-refractivity contribution in [2.24, 2.45) is 0 Å². The molecule has 3 N–H and O–H groups in total. The Hall–Kier alpha value is -2.40. The number of fused-ring (bicyclic) bond motifs is 1. The monoisotopic (exact) mass is 341 g/mol. The molecule has 0 saturated heterocycles. The maximum Gasteiger partial charge on any atom is 0.256 e. The van der Waals surface area contributed by atoms with Crippen molar-refractivity contribution in [3.8, 4) is 0 Å². The van der Waals surface area contributed by atoms with Crippen LogP contribution in [0.5, 0.6) is 0 Å². The number of nitrogens with one attached hydrogen (secondary N) is 1. The molecule has 0 aliphatic carbocycles. The Morgan fingerprint density at radius 3 is 2.81 bits per heavy atom. The van der Waals surface area contributed by atoms with Gasteiger partial charge in [-0.3, -0.25) is 9.78 Å². The average Bonchev–Trinajstić information content (AvgIpc) is 2.50. The first-order chi connectivity index (χ1) is 10.1. The summed E-state index contributed by atoms with van der Waals surface area (Å²) in [5.74, 6) is -0.195. The van der Waals surface area contributed by atoms with E-state index in [0.717, 1.165) is 15.4 Å². The molecule has 0 fully saturated rings. The average molecular weight is 342 g/mol. The Morgan fingerprint density at radius 2 is 1.95 bits per heavy atom. The molecule has 0 aliphatic rings. The van der Waals surface area contributed by atoms with Crippen molar-refractivity contribution in [2.45, 2.75) is 0 Å². The molecule has 3 aromatic rings. The summed E-state index contributed by atoms with van der Waals surface area (Å²) in [6.45, 7) is 0. The second kappa shape index (κ2) is 5.54. The van der Waals surface area contributed by atoms with Crippen LogP contribution < -0.4 is 11.1 Å². The number of para-hydroxylation sites is 1. The van der Waals surface area contributed by atoms with E-state index in [1.165, 1.54) is 0 Å². The minimum Gasteiger partial charge on any atom is -0.399 e. The van der Waals surface area contributed by atoms with Gasteiger partial charge in [-0.15, -0.1) is 0 Å². The van der Waals surface area contributed by atoms with E-state index in [0.29, 0.717) is 16.9 Å². The molecule has 1 amide bonds. The van der Waals surface area contributed by atoms with Gasteiger partial charge in [-0.1, -0.05) is 18.2 Å². The van der Waals surface area contributed by atoms with Crippen molar-refractivity contribution in [3.63, 3.8) is 0 Å². The molecular weight excluding hydrogens is 330 g/mol. The Balaban J connectivity index is 1.99. The van der Waals surface area contributed by atoms with E-state index in [1.807, 2.05) is 24.3 Å². The van der Waals surface area contributed by atoms with E-state index in [4.69, 9.17) is 5.73 Å². The molecule has 1 aromatic heterocycles. The number of anilines is 2. The number of pyridine rings is 1. The molecule has 0 radical (unpaired) electrons. The summed E-state index contributed by atoms with van der Waals surface area (Å²) in [6, 6.07) is 14.5. The zero-order valence-electron chi connectivity index (χ0n) is 11.0. The summed E-state index contributed by atoms with van der Waals surface area (Å²) < 4.78 is 0.781. The van der Waals surface area contributed by atoms with Crippen LogP contribution in [0.4, 0.5) is 11.4 Å². The zero-order chi connectivity index (χ0) is 14.8. The van der Waals surface area contributed by atoms with Crippen molar-refractivity contribution in [1.29, 1.82) is 0 Å². The lowest BCUT2D eigenvalue weighted by Gasteiger charge is -2.10. The number of rotatable bonds is 2. The molecule has 0 atom stereocenters. The highest BCUT2D eigenvalue weighted by Crippen LogP contribution is 2.26. The highest BCUT2D eigenvalue weighted by molar-refractivity contribution is 9.10. The number of nitrogens with two attached hydrogens (primary N) is 1. The third kappa shape index (κ3) is 2.73. The van der Waals surface area contributed by atoms with Crippen molar-refractivity contribution in [2.75, 3.05) is 11.1 Å². The number of amides is 1. The molecule has 2 aromatic carbocycles. The van der Waals surface area contributed by atoms with Gasteiger partial charge < -0.3 is 11.1 Å². The van der Waals surface area contributed by atoms with Gasteiger partial charge in [0, 0.05) is 21.7 Å². The normalized spacial score (nSPS) is 10.5. The Morgan fingerprint density at radius 1 is 1.14 bits per heavy atom. The molecule has 0 bridgehead atoms. The van der Waals surface area contributed by atoms with E-state index in [1.54, 1.807) is 30.5 Å². The van der Waals surface area contributed by atoms with E-state index in [2.05, 4.69) is 26.2 Å². The van der Waals surface area contributed by atoms with Crippen molar-refractivity contribution >= 4 is 44.1 Å². The number of aromatic nitrogens is 1. The number of halogens is 1. The molecule has 0 unspecified atom stereocenters. The van der Waals surface area contributed by atoms with E-state index in [9.17, 15) is 4.79 Å². The van der Waals surface area contributed by atoms with Crippen LogP contribution in [0.25, 0.3) is 10.9 Å². The van der Waals surface area contributed by atoms with Crippen molar-refractivity contribution in [1.82, 2.24) is 4.98 Å². The van der Waals surface area contributed by atoms with Crippen LogP contribution >= 0.6 is 15.9 Å². The van der Waals surface area contributed by atoms with Gasteiger partial charge in [-0.25, -0.2) is 0 Å². The second-order valence-electron chi connectivity index (χ2n) is 4.57. The largest absolute Gasteiger partial charge is 0.399 e. The molecule has 4 nitrogen and oxygen atoms in total. The standard InChI is InChI=1S/C16H12BrN3O/c17-13-6-5-10(18)9-15(13)20-16(21)12-7-8-19-14-4-2-1-3-11(12)14/h1-9H,18H2,(H,20,21). The predicted octanol–water partition coefficient (Wildman–Crippen LogP) is 3.83. The Kier molecular flexibility index (Phi) is 3.58. The fraction of sp³-hybridized carbons (Fsp3) is 0. The minimum atomic E-state index is -0.195. The highest BCUT2D eigenvalue weighted by Gasteiger charge is 2.12. The zero-order valence-corrected chi connectivity index (χ0v) is 12.6. The molecule has 5 heteroatoms. The molecule has 1 heterocycles. The first-order valence-electron chi connectivity index (χ1n) is 6.35. The fourth-order valence-electron chi connectivity index (χ4n) is 2.12. The SMILES string of the molecule is Nc1ccc(Br)c(NC(=O)c2ccnc3ccccc23)c1. The lowest BCUT2D eigenvalue weighted by Crippen LogP contribution is -2.13. The molecule has 0 saturated carbocycles. The smallest absolute Gasteiger partial charge is 0.256 e. The van der Waals surface area contributed by atoms with Gasteiger partial charge in [0.25, 0.3) is 5.91 Å². The summed E-state index contributed by atoms with van der Waals surface area (Å²) in [5, 5.41) is 3.68. The quantitative estimate of drug-likeness (QED) is 0.696. The van der Waals surface area contributed by atoms with Crippen LogP contribution in [-0.2, 0) is 0 Å². The lowest BCUT2D eigenvalue weighted by molar-refractivity contribution is 0.102. The maximum atomic E-state index is 12.5. The van der Waals surface area contributed by atoms with Crippen LogP contribution in [0.2, 0.25) is 0 Å². The van der Waals surface area contributed by atoms with E-state index < -0.39 is 0 Å². The summed E-state index contributed by atoms with van der Waals surface area (Å²) in [5.41, 5.74) is 8.35. The number of nitrogens with zero attached hydrogens (tertiary/aromatic N) is 1. The molecule has 0 aliphatic heterocycles. The summed E-state index contributed by atoms with van der Waals surface area (Å²) in [4.78, 5) is 16.7. The number of hydrogen-bond donors (Lipinski definition) is 2. The molecule has 0 spiro atoms. The topological polar surface area (TPSA) is 68.0 Å². The van der Waals surface area contributed by atoms with Gasteiger partial charge in [0.1, 0.15) is 0 Å². The summed E-state index contributed by atoms with van der Waals surface area (Å²) >= 11 is 3.40. The number of hydrogen-bond acceptors (Lipinski definition) is 3. The molecule has 3 rings (SSSR count). The Labute approximate surface area is 130 Å². The summed E-state index contributed by atoms with van der Waals surface area (Å²) in [7, 11) is 0. The van der Waals surface area contributed by atoms with Gasteiger partial charge in [0.05, 0.1) is 16.8 Å².